The van der Waals surface area contributed by atoms with Crippen LogP contribution in [0.25, 0.3) is 21.8 Å². The van der Waals surface area contributed by atoms with Gasteiger partial charge in [-0.25, -0.2) is 9.78 Å². The zero-order valence-corrected chi connectivity index (χ0v) is 22.0. The summed E-state index contributed by atoms with van der Waals surface area (Å²) in [5, 5.41) is 4.72. The van der Waals surface area contributed by atoms with Crippen molar-refractivity contribution in [2.45, 2.75) is 19.4 Å². The number of rotatable bonds is 7. The smallest absolute Gasteiger partial charge is 0.409 e. The van der Waals surface area contributed by atoms with Crippen molar-refractivity contribution in [1.29, 1.82) is 0 Å². The minimum atomic E-state index is -0.842. The van der Waals surface area contributed by atoms with Crippen LogP contribution >= 0.6 is 0 Å². The standard InChI is InChI=1S/C29H31N5O5/c1-3-39-29(37)34-14-12-33(13-15-34)28(36)25(16-19-18-30-22-10-6-4-8-20(19)22)32-27(35)24-17-26(38-2)21-9-5-7-11-23(21)31-24/h4-11,17-18,25,30H,3,12-16H2,1-2H3,(H,32,35). The van der Waals surface area contributed by atoms with Gasteiger partial charge >= 0.3 is 6.09 Å². The minimum absolute atomic E-state index is 0.161. The molecule has 2 N–H and O–H groups in total. The number of aromatic nitrogens is 2. The molecule has 2 aromatic heterocycles. The Morgan fingerprint density at radius 2 is 1.69 bits per heavy atom. The molecule has 0 bridgehead atoms. The number of aromatic amines is 1. The fourth-order valence-corrected chi connectivity index (χ4v) is 4.93. The van der Waals surface area contributed by atoms with E-state index in [1.807, 2.05) is 54.7 Å². The van der Waals surface area contributed by atoms with Crippen LogP contribution in [0.15, 0.2) is 60.8 Å². The summed E-state index contributed by atoms with van der Waals surface area (Å²) in [6.07, 6.45) is 1.77. The number of pyridine rings is 1. The number of methoxy groups -OCH3 is 1. The van der Waals surface area contributed by atoms with Gasteiger partial charge in [0.1, 0.15) is 17.5 Å². The number of H-pyrrole nitrogens is 1. The molecule has 0 aliphatic carbocycles. The molecule has 1 fully saturated rings. The topological polar surface area (TPSA) is 117 Å². The van der Waals surface area contributed by atoms with Gasteiger partial charge in [0.2, 0.25) is 5.91 Å². The summed E-state index contributed by atoms with van der Waals surface area (Å²) in [6, 6.07) is 16.0. The van der Waals surface area contributed by atoms with Crippen molar-refractivity contribution in [3.8, 4) is 5.75 Å². The molecule has 3 amide bonds. The summed E-state index contributed by atoms with van der Waals surface area (Å²) in [6.45, 7) is 3.48. The van der Waals surface area contributed by atoms with E-state index in [4.69, 9.17) is 9.47 Å². The Bertz CT molecular complexity index is 1510. The van der Waals surface area contributed by atoms with Gasteiger partial charge in [0.15, 0.2) is 0 Å². The second-order valence-electron chi connectivity index (χ2n) is 9.33. The largest absolute Gasteiger partial charge is 0.496 e. The highest BCUT2D eigenvalue weighted by Crippen LogP contribution is 2.25. The van der Waals surface area contributed by atoms with E-state index in [1.165, 1.54) is 0 Å². The van der Waals surface area contributed by atoms with Crippen LogP contribution in [0, 0.1) is 0 Å². The van der Waals surface area contributed by atoms with Crippen LogP contribution in [0.4, 0.5) is 4.79 Å². The predicted molar refractivity (Wildman–Crippen MR) is 147 cm³/mol. The molecule has 4 aromatic rings. The predicted octanol–water partition coefficient (Wildman–Crippen LogP) is 3.37. The van der Waals surface area contributed by atoms with Gasteiger partial charge in [-0.15, -0.1) is 0 Å². The number of benzene rings is 2. The Morgan fingerprint density at radius 3 is 2.44 bits per heavy atom. The molecule has 0 spiro atoms. The molecular formula is C29H31N5O5. The highest BCUT2D eigenvalue weighted by Gasteiger charge is 2.31. The first-order chi connectivity index (χ1) is 19.0. The summed E-state index contributed by atoms with van der Waals surface area (Å²) in [5.41, 5.74) is 2.65. The molecule has 1 saturated heterocycles. The fourth-order valence-electron chi connectivity index (χ4n) is 4.93. The number of carbonyl (C=O) groups is 3. The summed E-state index contributed by atoms with van der Waals surface area (Å²) >= 11 is 0. The average Bonchev–Trinajstić information content (AvgIpc) is 3.38. The molecular weight excluding hydrogens is 498 g/mol. The van der Waals surface area contributed by atoms with Crippen LogP contribution in [0.5, 0.6) is 5.75 Å². The molecule has 2 aromatic carbocycles. The number of ether oxygens (including phenoxy) is 2. The highest BCUT2D eigenvalue weighted by molar-refractivity contribution is 5.99. The lowest BCUT2D eigenvalue weighted by Crippen LogP contribution is -2.56. The zero-order chi connectivity index (χ0) is 27.4. The number of nitrogens with one attached hydrogen (secondary N) is 2. The van der Waals surface area contributed by atoms with Crippen molar-refractivity contribution < 1.29 is 23.9 Å². The maximum absolute atomic E-state index is 13.8. The van der Waals surface area contributed by atoms with E-state index in [9.17, 15) is 14.4 Å². The van der Waals surface area contributed by atoms with Crippen molar-refractivity contribution in [1.82, 2.24) is 25.1 Å². The van der Waals surface area contributed by atoms with E-state index >= 15 is 0 Å². The number of carbonyl (C=O) groups excluding carboxylic acids is 3. The molecule has 0 radical (unpaired) electrons. The lowest BCUT2D eigenvalue weighted by atomic mass is 10.0. The van der Waals surface area contributed by atoms with Gasteiger partial charge in [-0.1, -0.05) is 30.3 Å². The number of fused-ring (bicyclic) bond motifs is 2. The van der Waals surface area contributed by atoms with Crippen LogP contribution in [0.2, 0.25) is 0 Å². The Labute approximate surface area is 225 Å². The van der Waals surface area contributed by atoms with Crippen LogP contribution in [0.3, 0.4) is 0 Å². The number of hydrogen-bond donors (Lipinski definition) is 2. The van der Waals surface area contributed by atoms with E-state index in [1.54, 1.807) is 29.9 Å². The van der Waals surface area contributed by atoms with Crippen molar-refractivity contribution >= 4 is 39.7 Å². The Kier molecular flexibility index (Phi) is 7.62. The number of nitrogens with zero attached hydrogens (tertiary/aromatic N) is 3. The molecule has 0 saturated carbocycles. The summed E-state index contributed by atoms with van der Waals surface area (Å²) in [4.78, 5) is 50.4. The van der Waals surface area contributed by atoms with E-state index in [-0.39, 0.29) is 24.1 Å². The van der Waals surface area contributed by atoms with Gasteiger partial charge in [-0.05, 0) is 30.7 Å². The first kappa shape index (κ1) is 26.0. The van der Waals surface area contributed by atoms with Gasteiger partial charge in [-0.2, -0.15) is 0 Å². The number of amides is 3. The quantitative estimate of drug-likeness (QED) is 0.379. The minimum Gasteiger partial charge on any atom is -0.496 e. The van der Waals surface area contributed by atoms with E-state index < -0.39 is 11.9 Å². The van der Waals surface area contributed by atoms with Gasteiger partial charge < -0.3 is 29.6 Å². The molecule has 10 nitrogen and oxygen atoms in total. The molecule has 1 aliphatic rings. The molecule has 3 heterocycles. The van der Waals surface area contributed by atoms with Crippen molar-refractivity contribution in [2.24, 2.45) is 0 Å². The maximum Gasteiger partial charge on any atom is 0.409 e. The van der Waals surface area contributed by atoms with Gasteiger partial charge in [0.25, 0.3) is 5.91 Å². The molecule has 1 aliphatic heterocycles. The van der Waals surface area contributed by atoms with Crippen molar-refractivity contribution in [3.05, 3.63) is 72.1 Å². The van der Waals surface area contributed by atoms with Gasteiger partial charge in [-0.3, -0.25) is 9.59 Å². The lowest BCUT2D eigenvalue weighted by Gasteiger charge is -2.36. The third-order valence-electron chi connectivity index (χ3n) is 6.95. The van der Waals surface area contributed by atoms with Crippen LogP contribution in [-0.4, -0.2) is 83.6 Å². The zero-order valence-electron chi connectivity index (χ0n) is 22.0. The first-order valence-corrected chi connectivity index (χ1v) is 13.0. The SMILES string of the molecule is CCOC(=O)N1CCN(C(=O)C(Cc2c[nH]c3ccccc23)NC(=O)c2cc(OC)c3ccccc3n2)CC1. The van der Waals surface area contributed by atoms with Crippen LogP contribution < -0.4 is 10.1 Å². The second-order valence-corrected chi connectivity index (χ2v) is 9.33. The second kappa shape index (κ2) is 11.4. The van der Waals surface area contributed by atoms with Crippen molar-refractivity contribution in [3.63, 3.8) is 0 Å². The Balaban J connectivity index is 1.40. The third-order valence-corrected chi connectivity index (χ3v) is 6.95. The Hall–Kier alpha value is -4.60. The molecule has 39 heavy (non-hydrogen) atoms. The average molecular weight is 530 g/mol. The molecule has 1 unspecified atom stereocenters. The number of piperazine rings is 1. The van der Waals surface area contributed by atoms with E-state index in [0.717, 1.165) is 21.9 Å². The van der Waals surface area contributed by atoms with Gasteiger partial charge in [0.05, 0.1) is 19.2 Å². The molecule has 202 valence electrons. The maximum atomic E-state index is 13.8. The van der Waals surface area contributed by atoms with Gasteiger partial charge in [0, 0.05) is 61.2 Å². The normalized spacial score (nSPS) is 14.3. The van der Waals surface area contributed by atoms with E-state index in [2.05, 4.69) is 15.3 Å². The van der Waals surface area contributed by atoms with Crippen LogP contribution in [0.1, 0.15) is 23.0 Å². The fraction of sp³-hybridized carbons (Fsp3) is 0.310. The third kappa shape index (κ3) is 5.50. The molecule has 5 rings (SSSR count). The number of hydrogen-bond acceptors (Lipinski definition) is 6. The Morgan fingerprint density at radius 1 is 1.00 bits per heavy atom. The number of para-hydroxylation sites is 2. The van der Waals surface area contributed by atoms with Crippen LogP contribution in [-0.2, 0) is 16.0 Å². The molecule has 10 heteroatoms. The first-order valence-electron chi connectivity index (χ1n) is 13.0. The summed E-state index contributed by atoms with van der Waals surface area (Å²) < 4.78 is 10.6. The monoisotopic (exact) mass is 529 g/mol. The highest BCUT2D eigenvalue weighted by atomic mass is 16.6. The molecule has 1 atom stereocenters. The lowest BCUT2D eigenvalue weighted by molar-refractivity contribution is -0.134. The summed E-state index contributed by atoms with van der Waals surface area (Å²) in [7, 11) is 1.54. The summed E-state index contributed by atoms with van der Waals surface area (Å²) in [5.74, 6) is -0.160. The van der Waals surface area contributed by atoms with E-state index in [0.29, 0.717) is 44.1 Å². The van der Waals surface area contributed by atoms with Crippen molar-refractivity contribution in [2.75, 3.05) is 39.9 Å².